The molecule has 1 fully saturated rings. The monoisotopic (exact) mass is 336 g/mol. The van der Waals surface area contributed by atoms with Crippen LogP contribution in [0.1, 0.15) is 45.2 Å². The number of nitrogens with zero attached hydrogens (tertiary/aromatic N) is 2. The molecular weight excluding hydrogens is 308 g/mol. The first-order valence-corrected chi connectivity index (χ1v) is 8.73. The maximum absolute atomic E-state index is 12.3. The van der Waals surface area contributed by atoms with Crippen molar-refractivity contribution < 1.29 is 14.1 Å². The Balaban J connectivity index is 1.79. The van der Waals surface area contributed by atoms with Crippen molar-refractivity contribution in [3.05, 3.63) is 11.8 Å². The van der Waals surface area contributed by atoms with E-state index in [1.165, 1.54) is 0 Å². The van der Waals surface area contributed by atoms with E-state index in [1.54, 1.807) is 13.0 Å². The maximum atomic E-state index is 12.3. The maximum Gasteiger partial charge on any atom is 0.240 e. The van der Waals surface area contributed by atoms with Gasteiger partial charge in [-0.3, -0.25) is 19.8 Å². The minimum Gasteiger partial charge on any atom is -0.353 e. The predicted octanol–water partition coefficient (Wildman–Crippen LogP) is 1.94. The van der Waals surface area contributed by atoms with Gasteiger partial charge in [0.25, 0.3) is 0 Å². The number of carbonyl (C=O) groups is 2. The van der Waals surface area contributed by atoms with Crippen molar-refractivity contribution in [1.29, 1.82) is 0 Å². The molecule has 0 spiro atoms. The first-order chi connectivity index (χ1) is 11.5. The zero-order valence-electron chi connectivity index (χ0n) is 14.8. The highest BCUT2D eigenvalue weighted by atomic mass is 16.5. The van der Waals surface area contributed by atoms with Crippen molar-refractivity contribution in [1.82, 2.24) is 15.4 Å². The van der Waals surface area contributed by atoms with E-state index >= 15 is 0 Å². The standard InChI is InChI=1S/C17H28N4O3/c1-4-6-12(2)18-17(23)14-7-5-8-21(10-14)11-15(22)19-16-9-13(3)20-24-16/h9,12,14H,4-8,10-11H2,1-3H3,(H,18,23)(H,19,22)/t12-,14+/m0/s1. The van der Waals surface area contributed by atoms with Gasteiger partial charge in [0.15, 0.2) is 0 Å². The van der Waals surface area contributed by atoms with Crippen LogP contribution in [0.25, 0.3) is 0 Å². The number of aryl methyl sites for hydroxylation is 1. The summed E-state index contributed by atoms with van der Waals surface area (Å²) in [4.78, 5) is 26.5. The summed E-state index contributed by atoms with van der Waals surface area (Å²) in [5.41, 5.74) is 0.723. The molecule has 2 atom stereocenters. The van der Waals surface area contributed by atoms with Crippen molar-refractivity contribution in [2.45, 2.75) is 52.5 Å². The van der Waals surface area contributed by atoms with E-state index in [-0.39, 0.29) is 30.3 Å². The van der Waals surface area contributed by atoms with Crippen LogP contribution in [0.5, 0.6) is 0 Å². The van der Waals surface area contributed by atoms with Crippen LogP contribution in [0.2, 0.25) is 0 Å². The van der Waals surface area contributed by atoms with E-state index in [4.69, 9.17) is 4.52 Å². The number of aromatic nitrogens is 1. The second kappa shape index (κ2) is 8.82. The van der Waals surface area contributed by atoms with Gasteiger partial charge < -0.3 is 9.84 Å². The average molecular weight is 336 g/mol. The lowest BCUT2D eigenvalue weighted by molar-refractivity contribution is -0.128. The second-order valence-electron chi connectivity index (χ2n) is 6.65. The van der Waals surface area contributed by atoms with Crippen LogP contribution >= 0.6 is 0 Å². The molecule has 2 amide bonds. The average Bonchev–Trinajstić information content (AvgIpc) is 2.92. The summed E-state index contributed by atoms with van der Waals surface area (Å²) in [5, 5.41) is 9.51. The fourth-order valence-corrected chi connectivity index (χ4v) is 3.08. The molecule has 1 aromatic rings. The number of amides is 2. The van der Waals surface area contributed by atoms with Crippen LogP contribution in [-0.2, 0) is 9.59 Å². The SMILES string of the molecule is CCC[C@H](C)NC(=O)[C@@H]1CCCN(CC(=O)Nc2cc(C)no2)C1. The number of nitrogens with one attached hydrogen (secondary N) is 2. The van der Waals surface area contributed by atoms with Crippen LogP contribution in [0.3, 0.4) is 0 Å². The van der Waals surface area contributed by atoms with Gasteiger partial charge in [0.2, 0.25) is 17.7 Å². The lowest BCUT2D eigenvalue weighted by Gasteiger charge is -2.32. The highest BCUT2D eigenvalue weighted by Gasteiger charge is 2.27. The molecule has 7 nitrogen and oxygen atoms in total. The predicted molar refractivity (Wildman–Crippen MR) is 91.5 cm³/mol. The number of hydrogen-bond acceptors (Lipinski definition) is 5. The number of hydrogen-bond donors (Lipinski definition) is 2. The summed E-state index contributed by atoms with van der Waals surface area (Å²) in [5.74, 6) is 0.272. The molecule has 2 rings (SSSR count). The van der Waals surface area contributed by atoms with Crippen molar-refractivity contribution >= 4 is 17.7 Å². The smallest absolute Gasteiger partial charge is 0.240 e. The van der Waals surface area contributed by atoms with E-state index < -0.39 is 0 Å². The summed E-state index contributed by atoms with van der Waals surface area (Å²) >= 11 is 0. The van der Waals surface area contributed by atoms with Gasteiger partial charge in [-0.2, -0.15) is 0 Å². The van der Waals surface area contributed by atoms with Gasteiger partial charge in [-0.25, -0.2) is 0 Å². The molecule has 0 unspecified atom stereocenters. The molecule has 0 bridgehead atoms. The van der Waals surface area contributed by atoms with Gasteiger partial charge in [0.1, 0.15) is 0 Å². The second-order valence-corrected chi connectivity index (χ2v) is 6.65. The van der Waals surface area contributed by atoms with Gasteiger partial charge in [0.05, 0.1) is 18.2 Å². The van der Waals surface area contributed by atoms with E-state index in [1.807, 2.05) is 11.8 Å². The lowest BCUT2D eigenvalue weighted by atomic mass is 9.96. The van der Waals surface area contributed by atoms with Gasteiger partial charge in [-0.05, 0) is 39.7 Å². The summed E-state index contributed by atoms with van der Waals surface area (Å²) in [6.07, 6.45) is 3.85. The van der Waals surface area contributed by atoms with Crippen LogP contribution in [0, 0.1) is 12.8 Å². The summed E-state index contributed by atoms with van der Waals surface area (Å²) in [6, 6.07) is 1.88. The minimum absolute atomic E-state index is 0.0432. The Hall–Kier alpha value is -1.89. The third kappa shape index (κ3) is 5.63. The summed E-state index contributed by atoms with van der Waals surface area (Å²) in [6.45, 7) is 7.65. The largest absolute Gasteiger partial charge is 0.353 e. The molecule has 1 aromatic heterocycles. The Bertz CT molecular complexity index is 558. The number of anilines is 1. The first kappa shape index (κ1) is 18.4. The Morgan fingerprint density at radius 2 is 2.29 bits per heavy atom. The summed E-state index contributed by atoms with van der Waals surface area (Å²) < 4.78 is 4.99. The lowest BCUT2D eigenvalue weighted by Crippen LogP contribution is -2.47. The number of rotatable bonds is 7. The zero-order valence-corrected chi connectivity index (χ0v) is 14.8. The third-order valence-electron chi connectivity index (χ3n) is 4.24. The zero-order chi connectivity index (χ0) is 17.5. The topological polar surface area (TPSA) is 87.5 Å². The van der Waals surface area contributed by atoms with Crippen LogP contribution in [0.15, 0.2) is 10.6 Å². The summed E-state index contributed by atoms with van der Waals surface area (Å²) in [7, 11) is 0. The van der Waals surface area contributed by atoms with Gasteiger partial charge in [0, 0.05) is 18.7 Å². The van der Waals surface area contributed by atoms with Crippen LogP contribution in [0.4, 0.5) is 5.88 Å². The molecule has 1 aliphatic heterocycles. The van der Waals surface area contributed by atoms with E-state index in [2.05, 4.69) is 22.7 Å². The Morgan fingerprint density at radius 1 is 1.50 bits per heavy atom. The normalized spacial score (nSPS) is 19.7. The van der Waals surface area contributed by atoms with Gasteiger partial charge >= 0.3 is 0 Å². The molecule has 2 heterocycles. The number of piperidine rings is 1. The molecule has 7 heteroatoms. The molecule has 0 aromatic carbocycles. The van der Waals surface area contributed by atoms with E-state index in [0.717, 1.165) is 37.9 Å². The first-order valence-electron chi connectivity index (χ1n) is 8.73. The van der Waals surface area contributed by atoms with Crippen LogP contribution < -0.4 is 10.6 Å². The van der Waals surface area contributed by atoms with Crippen molar-refractivity contribution in [2.75, 3.05) is 25.0 Å². The van der Waals surface area contributed by atoms with Crippen molar-refractivity contribution in [3.63, 3.8) is 0 Å². The van der Waals surface area contributed by atoms with Gasteiger partial charge in [-0.15, -0.1) is 0 Å². The molecule has 134 valence electrons. The molecule has 1 saturated heterocycles. The van der Waals surface area contributed by atoms with Crippen molar-refractivity contribution in [3.8, 4) is 0 Å². The number of carbonyl (C=O) groups excluding carboxylic acids is 2. The molecule has 0 aliphatic carbocycles. The highest BCUT2D eigenvalue weighted by Crippen LogP contribution is 2.17. The minimum atomic E-state index is -0.147. The quantitative estimate of drug-likeness (QED) is 0.794. The molecule has 24 heavy (non-hydrogen) atoms. The molecule has 1 aliphatic rings. The fraction of sp³-hybridized carbons (Fsp3) is 0.706. The van der Waals surface area contributed by atoms with E-state index in [9.17, 15) is 9.59 Å². The van der Waals surface area contributed by atoms with Crippen LogP contribution in [-0.4, -0.2) is 47.5 Å². The van der Waals surface area contributed by atoms with Gasteiger partial charge in [-0.1, -0.05) is 18.5 Å². The number of likely N-dealkylation sites (tertiary alicyclic amines) is 1. The Morgan fingerprint density at radius 3 is 2.96 bits per heavy atom. The highest BCUT2D eigenvalue weighted by molar-refractivity contribution is 5.91. The molecule has 2 N–H and O–H groups in total. The fourth-order valence-electron chi connectivity index (χ4n) is 3.08. The van der Waals surface area contributed by atoms with Crippen molar-refractivity contribution in [2.24, 2.45) is 5.92 Å². The molecular formula is C17H28N4O3. The molecule has 0 saturated carbocycles. The van der Waals surface area contributed by atoms with E-state index in [0.29, 0.717) is 12.4 Å². The molecule has 0 radical (unpaired) electrons. The Kier molecular flexibility index (Phi) is 6.78. The third-order valence-corrected chi connectivity index (χ3v) is 4.24. The Labute approximate surface area is 143 Å².